The summed E-state index contributed by atoms with van der Waals surface area (Å²) < 4.78 is 6.55. The molecule has 0 bridgehead atoms. The molecule has 4 aliphatic heterocycles. The van der Waals surface area contributed by atoms with Gasteiger partial charge in [-0.3, -0.25) is 4.99 Å². The highest BCUT2D eigenvalue weighted by Crippen LogP contribution is 2.53. The molecule has 7 aliphatic carbocycles. The van der Waals surface area contributed by atoms with Crippen molar-refractivity contribution in [3.63, 3.8) is 0 Å². The van der Waals surface area contributed by atoms with Crippen molar-refractivity contribution in [3.8, 4) is 0 Å². The zero-order valence-electron chi connectivity index (χ0n) is 33.3. The van der Waals surface area contributed by atoms with Crippen LogP contribution in [0, 0.1) is 29.6 Å². The fourth-order valence-electron chi connectivity index (χ4n) is 13.2. The van der Waals surface area contributed by atoms with Gasteiger partial charge in [-0.05, 0) is 130 Å². The zero-order valence-corrected chi connectivity index (χ0v) is 33.3. The Morgan fingerprint density at radius 1 is 0.754 bits per heavy atom. The van der Waals surface area contributed by atoms with E-state index in [1.165, 1.54) is 84.3 Å². The van der Waals surface area contributed by atoms with Gasteiger partial charge in [0, 0.05) is 58.7 Å². The second-order valence-corrected chi connectivity index (χ2v) is 18.8. The lowest BCUT2D eigenvalue weighted by Gasteiger charge is -2.44. The third kappa shape index (κ3) is 5.82. The van der Waals surface area contributed by atoms with Crippen molar-refractivity contribution in [1.29, 1.82) is 0 Å². The Hall–Kier alpha value is -4.41. The normalized spacial score (nSPS) is 38.2. The SMILES string of the molecule is C1=CC2OC3CC=C(N4C5=C(C=CCC5)C5C=C(c6ccc7c(c6)C6C=CC=CC6N7C6CC(C7=CCCCC7)CC(C7=CCCC=N7)C6)C=CC54)CC3C2C=C1. The minimum absolute atomic E-state index is 0.246. The summed E-state index contributed by atoms with van der Waals surface area (Å²) in [5.74, 6) is 3.02. The van der Waals surface area contributed by atoms with Crippen LogP contribution in [-0.4, -0.2) is 41.4 Å². The van der Waals surface area contributed by atoms with Crippen LogP contribution in [0.5, 0.6) is 0 Å². The molecular formula is C53H57N3O. The molecule has 0 amide bonds. The Morgan fingerprint density at radius 3 is 2.61 bits per heavy atom. The van der Waals surface area contributed by atoms with Gasteiger partial charge < -0.3 is 14.5 Å². The van der Waals surface area contributed by atoms with E-state index in [1.54, 1.807) is 11.3 Å². The van der Waals surface area contributed by atoms with Crippen LogP contribution in [0.15, 0.2) is 149 Å². The van der Waals surface area contributed by atoms with E-state index in [2.05, 4.69) is 131 Å². The maximum atomic E-state index is 6.55. The van der Waals surface area contributed by atoms with Crippen molar-refractivity contribution in [3.05, 3.63) is 155 Å². The number of benzene rings is 1. The van der Waals surface area contributed by atoms with Gasteiger partial charge in [-0.25, -0.2) is 0 Å². The Kier molecular flexibility index (Phi) is 8.59. The number of hydrogen-bond acceptors (Lipinski definition) is 4. The average Bonchev–Trinajstić information content (AvgIpc) is 3.94. The van der Waals surface area contributed by atoms with E-state index in [0.717, 1.165) is 38.5 Å². The molecule has 0 spiro atoms. The molecule has 4 nitrogen and oxygen atoms in total. The van der Waals surface area contributed by atoms with E-state index in [9.17, 15) is 0 Å². The molecular weight excluding hydrogens is 695 g/mol. The van der Waals surface area contributed by atoms with Crippen molar-refractivity contribution >= 4 is 17.5 Å². The summed E-state index contributed by atoms with van der Waals surface area (Å²) in [6.07, 6.45) is 57.2. The quantitative estimate of drug-likeness (QED) is 0.281. The number of ether oxygens (including phenoxy) is 1. The lowest BCUT2D eigenvalue weighted by molar-refractivity contribution is 0.0523. The first kappa shape index (κ1) is 34.6. The summed E-state index contributed by atoms with van der Waals surface area (Å²) in [6.45, 7) is 0. The van der Waals surface area contributed by atoms with Crippen molar-refractivity contribution in [2.45, 2.75) is 120 Å². The minimum atomic E-state index is 0.246. The van der Waals surface area contributed by atoms with E-state index in [4.69, 9.17) is 9.73 Å². The van der Waals surface area contributed by atoms with Crippen LogP contribution < -0.4 is 4.90 Å². The first-order chi connectivity index (χ1) is 28.2. The molecule has 0 radical (unpaired) electrons. The molecule has 0 aromatic heterocycles. The number of allylic oxidation sites excluding steroid dienone is 14. The Bertz CT molecular complexity index is 2210. The molecule has 1 saturated carbocycles. The van der Waals surface area contributed by atoms with Gasteiger partial charge in [-0.1, -0.05) is 109 Å². The molecule has 1 saturated heterocycles. The third-order valence-electron chi connectivity index (χ3n) is 15.8. The standard InChI is InChI=1S/C53H57N3O/c1-2-12-34(13-3-1)37-28-38(47-17-10-11-27-54-47)30-40(29-37)56-49-19-8-5-15-42(49)45-32-36(22-25-51(45)56)35-21-24-50-44(31-35)41-14-4-7-18-48(41)55(50)39-23-26-53-46(33-39)43-16-6-9-20-52(43)57-53/h4-6,8-9,12,14-17,19-25,27,31-32,37-38,40,42-44,46,49-50,52-53H,1-3,7,10-11,13,18,26,28-30,33H2. The molecule has 2 fully saturated rings. The van der Waals surface area contributed by atoms with Crippen molar-refractivity contribution < 1.29 is 4.74 Å². The Labute approximate surface area is 339 Å². The van der Waals surface area contributed by atoms with Gasteiger partial charge in [0.2, 0.25) is 0 Å². The number of aliphatic imine (C=N–C) groups is 1. The summed E-state index contributed by atoms with van der Waals surface area (Å²) in [5, 5.41) is 0. The minimum Gasteiger partial charge on any atom is -0.370 e. The van der Waals surface area contributed by atoms with Gasteiger partial charge in [-0.2, -0.15) is 0 Å². The van der Waals surface area contributed by atoms with Crippen LogP contribution in [0.3, 0.4) is 0 Å². The molecule has 11 aliphatic rings. The Morgan fingerprint density at radius 2 is 1.68 bits per heavy atom. The van der Waals surface area contributed by atoms with Gasteiger partial charge >= 0.3 is 0 Å². The zero-order chi connectivity index (χ0) is 37.5. The molecule has 12 rings (SSSR count). The van der Waals surface area contributed by atoms with Gasteiger partial charge in [0.1, 0.15) is 0 Å². The summed E-state index contributed by atoms with van der Waals surface area (Å²) in [7, 11) is 0. The highest BCUT2D eigenvalue weighted by atomic mass is 16.5. The second kappa shape index (κ2) is 14.2. The highest BCUT2D eigenvalue weighted by molar-refractivity contribution is 5.80. The first-order valence-electron chi connectivity index (χ1n) is 22.7. The van der Waals surface area contributed by atoms with Crippen LogP contribution in [0.25, 0.3) is 5.57 Å². The molecule has 4 heterocycles. The number of rotatable bonds is 5. The summed E-state index contributed by atoms with van der Waals surface area (Å²) in [4.78, 5) is 10.7. The molecule has 11 atom stereocenters. The van der Waals surface area contributed by atoms with Crippen LogP contribution in [0.4, 0.5) is 5.69 Å². The van der Waals surface area contributed by atoms with Crippen LogP contribution in [-0.2, 0) is 4.74 Å². The average molecular weight is 752 g/mol. The van der Waals surface area contributed by atoms with Crippen LogP contribution in [0.2, 0.25) is 0 Å². The fraction of sp³-hybridized carbons (Fsp3) is 0.453. The van der Waals surface area contributed by atoms with E-state index < -0.39 is 0 Å². The van der Waals surface area contributed by atoms with Gasteiger partial charge in [0.25, 0.3) is 0 Å². The summed E-state index contributed by atoms with van der Waals surface area (Å²) in [6, 6.07) is 8.76. The molecule has 11 unspecified atom stereocenters. The Balaban J connectivity index is 0.851. The van der Waals surface area contributed by atoms with Gasteiger partial charge in [0.15, 0.2) is 0 Å². The van der Waals surface area contributed by atoms with Crippen LogP contribution >= 0.6 is 0 Å². The fourth-order valence-corrected chi connectivity index (χ4v) is 13.2. The van der Waals surface area contributed by atoms with Crippen molar-refractivity contribution in [1.82, 2.24) is 4.90 Å². The first-order valence-corrected chi connectivity index (χ1v) is 22.7. The molecule has 57 heavy (non-hydrogen) atoms. The van der Waals surface area contributed by atoms with E-state index in [1.807, 2.05) is 0 Å². The lowest BCUT2D eigenvalue weighted by atomic mass is 9.71. The summed E-state index contributed by atoms with van der Waals surface area (Å²) in [5.41, 5.74) is 13.5. The molecule has 1 aromatic carbocycles. The van der Waals surface area contributed by atoms with E-state index in [0.29, 0.717) is 59.7 Å². The number of anilines is 1. The molecule has 290 valence electrons. The molecule has 4 heteroatoms. The number of nitrogens with zero attached hydrogens (tertiary/aromatic N) is 3. The molecule has 1 aromatic rings. The largest absolute Gasteiger partial charge is 0.370 e. The predicted octanol–water partition coefficient (Wildman–Crippen LogP) is 11.8. The second-order valence-electron chi connectivity index (χ2n) is 18.8. The van der Waals surface area contributed by atoms with Gasteiger partial charge in [0.05, 0.1) is 24.3 Å². The number of fused-ring (bicyclic) bond motifs is 8. The molecule has 0 N–H and O–H groups in total. The summed E-state index contributed by atoms with van der Waals surface area (Å²) >= 11 is 0. The maximum absolute atomic E-state index is 6.55. The highest BCUT2D eigenvalue weighted by Gasteiger charge is 2.48. The topological polar surface area (TPSA) is 28.1 Å². The third-order valence-corrected chi connectivity index (χ3v) is 15.8. The van der Waals surface area contributed by atoms with Gasteiger partial charge in [-0.15, -0.1) is 0 Å². The van der Waals surface area contributed by atoms with Crippen molar-refractivity contribution in [2.75, 3.05) is 4.90 Å². The predicted molar refractivity (Wildman–Crippen MR) is 234 cm³/mol. The lowest BCUT2D eigenvalue weighted by Crippen LogP contribution is -2.46. The van der Waals surface area contributed by atoms with Crippen LogP contribution in [0.1, 0.15) is 101 Å². The monoisotopic (exact) mass is 751 g/mol. The van der Waals surface area contributed by atoms with Crippen molar-refractivity contribution in [2.24, 2.45) is 34.6 Å². The number of hydrogen-bond donors (Lipinski definition) is 0. The smallest absolute Gasteiger partial charge is 0.0829 e. The van der Waals surface area contributed by atoms with E-state index in [-0.39, 0.29) is 6.10 Å². The van der Waals surface area contributed by atoms with E-state index >= 15 is 0 Å². The maximum Gasteiger partial charge on any atom is 0.0829 e.